The van der Waals surface area contributed by atoms with Crippen molar-refractivity contribution in [3.05, 3.63) is 0 Å². The van der Waals surface area contributed by atoms with E-state index in [0.29, 0.717) is 12.5 Å². The van der Waals surface area contributed by atoms with Gasteiger partial charge in [0.25, 0.3) is 0 Å². The van der Waals surface area contributed by atoms with Crippen LogP contribution >= 0.6 is 0 Å². The molecule has 0 amide bonds. The molecule has 1 N–H and O–H groups in total. The van der Waals surface area contributed by atoms with Gasteiger partial charge in [-0.15, -0.1) is 0 Å². The number of hydrogen-bond donors (Lipinski definition) is 1. The van der Waals surface area contributed by atoms with Crippen LogP contribution in [0.3, 0.4) is 0 Å². The summed E-state index contributed by atoms with van der Waals surface area (Å²) in [4.78, 5) is 2.67. The minimum atomic E-state index is 0.420. The Morgan fingerprint density at radius 3 is 2.35 bits per heavy atom. The van der Waals surface area contributed by atoms with E-state index in [2.05, 4.69) is 4.90 Å². The van der Waals surface area contributed by atoms with Gasteiger partial charge in [0.15, 0.2) is 0 Å². The monoisotopic (exact) mass is 237 g/mol. The molecule has 2 aliphatic carbocycles. The summed E-state index contributed by atoms with van der Waals surface area (Å²) < 4.78 is 0. The van der Waals surface area contributed by atoms with Crippen LogP contribution in [0.15, 0.2) is 0 Å². The van der Waals surface area contributed by atoms with E-state index in [1.807, 2.05) is 0 Å². The number of likely N-dealkylation sites (tertiary alicyclic amines) is 1. The summed E-state index contributed by atoms with van der Waals surface area (Å²) in [5.41, 5.74) is 0.728. The molecule has 1 heterocycles. The average molecular weight is 237 g/mol. The second-order valence-corrected chi connectivity index (χ2v) is 6.86. The minimum Gasteiger partial charge on any atom is -0.396 e. The molecule has 0 bridgehead atoms. The fourth-order valence-corrected chi connectivity index (χ4v) is 4.58. The van der Waals surface area contributed by atoms with E-state index in [-0.39, 0.29) is 0 Å². The molecular weight excluding hydrogens is 210 g/mol. The summed E-state index contributed by atoms with van der Waals surface area (Å²) in [7, 11) is 0. The Hall–Kier alpha value is -0.0800. The fraction of sp³-hybridized carbons (Fsp3) is 1.00. The van der Waals surface area contributed by atoms with Crippen LogP contribution in [-0.4, -0.2) is 36.2 Å². The van der Waals surface area contributed by atoms with Gasteiger partial charge in [-0.2, -0.15) is 0 Å². The van der Waals surface area contributed by atoms with Crippen molar-refractivity contribution >= 4 is 0 Å². The summed E-state index contributed by atoms with van der Waals surface area (Å²) in [6.07, 6.45) is 11.3. The highest BCUT2D eigenvalue weighted by atomic mass is 16.3. The fourth-order valence-electron chi connectivity index (χ4n) is 4.58. The Morgan fingerprint density at radius 2 is 1.65 bits per heavy atom. The van der Waals surface area contributed by atoms with Crippen molar-refractivity contribution in [1.29, 1.82) is 0 Å². The highest BCUT2D eigenvalue weighted by molar-refractivity contribution is 4.97. The van der Waals surface area contributed by atoms with Crippen LogP contribution in [0.4, 0.5) is 0 Å². The molecule has 2 unspecified atom stereocenters. The van der Waals surface area contributed by atoms with Gasteiger partial charge in [-0.1, -0.05) is 25.7 Å². The predicted octanol–water partition coefficient (Wildman–Crippen LogP) is 2.66. The van der Waals surface area contributed by atoms with Crippen LogP contribution < -0.4 is 0 Å². The van der Waals surface area contributed by atoms with Gasteiger partial charge < -0.3 is 10.0 Å². The molecule has 3 aliphatic rings. The van der Waals surface area contributed by atoms with Crippen molar-refractivity contribution in [1.82, 2.24) is 4.90 Å². The Bertz CT molecular complexity index is 252. The number of aliphatic hydroxyl groups is 1. The van der Waals surface area contributed by atoms with Gasteiger partial charge in [0.1, 0.15) is 0 Å². The molecule has 3 fully saturated rings. The topological polar surface area (TPSA) is 23.5 Å². The summed E-state index contributed by atoms with van der Waals surface area (Å²) in [6, 6.07) is 0. The lowest BCUT2D eigenvalue weighted by Crippen LogP contribution is -2.58. The second-order valence-electron chi connectivity index (χ2n) is 6.86. The Labute approximate surface area is 105 Å². The van der Waals surface area contributed by atoms with Gasteiger partial charge in [0.2, 0.25) is 0 Å². The maximum atomic E-state index is 9.36. The molecule has 0 radical (unpaired) electrons. The standard InChI is InChI=1S/C15H27NO/c17-10-14-6-4-5-13(14)9-16-11-15(12-16)7-2-1-3-8-15/h13-14,17H,1-12H2. The molecule has 0 aromatic carbocycles. The lowest BCUT2D eigenvalue weighted by molar-refractivity contribution is -0.0407. The molecule has 1 aliphatic heterocycles. The maximum absolute atomic E-state index is 9.36. The van der Waals surface area contributed by atoms with Gasteiger partial charge in [0.05, 0.1) is 0 Å². The largest absolute Gasteiger partial charge is 0.396 e. The van der Waals surface area contributed by atoms with Gasteiger partial charge >= 0.3 is 0 Å². The van der Waals surface area contributed by atoms with Crippen LogP contribution in [0, 0.1) is 17.3 Å². The third-order valence-corrected chi connectivity index (χ3v) is 5.58. The van der Waals surface area contributed by atoms with Crippen molar-refractivity contribution in [3.8, 4) is 0 Å². The first-order chi connectivity index (χ1) is 8.31. The summed E-state index contributed by atoms with van der Waals surface area (Å²) >= 11 is 0. The lowest BCUT2D eigenvalue weighted by Gasteiger charge is -2.53. The van der Waals surface area contributed by atoms with Crippen LogP contribution in [-0.2, 0) is 0 Å². The van der Waals surface area contributed by atoms with E-state index in [4.69, 9.17) is 0 Å². The average Bonchev–Trinajstić information content (AvgIpc) is 2.76. The molecule has 2 saturated carbocycles. The predicted molar refractivity (Wildman–Crippen MR) is 69.9 cm³/mol. The molecule has 3 rings (SSSR count). The first-order valence-electron chi connectivity index (χ1n) is 7.65. The summed E-state index contributed by atoms with van der Waals surface area (Å²) in [5.74, 6) is 1.40. The quantitative estimate of drug-likeness (QED) is 0.816. The maximum Gasteiger partial charge on any atom is 0.0462 e. The van der Waals surface area contributed by atoms with Crippen molar-refractivity contribution in [2.24, 2.45) is 17.3 Å². The smallest absolute Gasteiger partial charge is 0.0462 e. The molecular formula is C15H27NO. The zero-order valence-electron chi connectivity index (χ0n) is 11.0. The molecule has 0 aromatic heterocycles. The van der Waals surface area contributed by atoms with Crippen LogP contribution in [0.5, 0.6) is 0 Å². The third-order valence-electron chi connectivity index (χ3n) is 5.58. The normalized spacial score (nSPS) is 37.2. The van der Waals surface area contributed by atoms with E-state index >= 15 is 0 Å². The number of hydrogen-bond acceptors (Lipinski definition) is 2. The number of nitrogens with zero attached hydrogens (tertiary/aromatic N) is 1. The SMILES string of the molecule is OCC1CCCC1CN1CC2(CCCCC2)C1. The van der Waals surface area contributed by atoms with E-state index in [1.165, 1.54) is 71.0 Å². The van der Waals surface area contributed by atoms with Gasteiger partial charge in [-0.05, 0) is 42.9 Å². The van der Waals surface area contributed by atoms with E-state index in [1.54, 1.807) is 0 Å². The third kappa shape index (κ3) is 2.39. The van der Waals surface area contributed by atoms with E-state index in [9.17, 15) is 5.11 Å². The Morgan fingerprint density at radius 1 is 0.941 bits per heavy atom. The van der Waals surface area contributed by atoms with Crippen LogP contribution in [0.2, 0.25) is 0 Å². The molecule has 0 aromatic rings. The molecule has 17 heavy (non-hydrogen) atoms. The summed E-state index contributed by atoms with van der Waals surface area (Å²) in [6.45, 7) is 4.42. The lowest BCUT2D eigenvalue weighted by atomic mass is 9.68. The highest BCUT2D eigenvalue weighted by Crippen LogP contribution is 2.45. The number of rotatable bonds is 3. The second kappa shape index (κ2) is 4.89. The van der Waals surface area contributed by atoms with Crippen molar-refractivity contribution < 1.29 is 5.11 Å². The molecule has 2 atom stereocenters. The Balaban J connectivity index is 1.46. The molecule has 1 saturated heterocycles. The van der Waals surface area contributed by atoms with Crippen molar-refractivity contribution in [2.45, 2.75) is 51.4 Å². The van der Waals surface area contributed by atoms with Gasteiger partial charge in [-0.3, -0.25) is 0 Å². The minimum absolute atomic E-state index is 0.420. The zero-order valence-corrected chi connectivity index (χ0v) is 11.0. The van der Waals surface area contributed by atoms with Crippen molar-refractivity contribution in [2.75, 3.05) is 26.2 Å². The zero-order chi connectivity index (χ0) is 11.7. The van der Waals surface area contributed by atoms with Gasteiger partial charge in [-0.25, -0.2) is 0 Å². The molecule has 98 valence electrons. The van der Waals surface area contributed by atoms with Gasteiger partial charge in [0, 0.05) is 26.2 Å². The van der Waals surface area contributed by atoms with E-state index in [0.717, 1.165) is 11.3 Å². The summed E-state index contributed by atoms with van der Waals surface area (Å²) in [5, 5.41) is 9.36. The molecule has 1 spiro atoms. The Kier molecular flexibility index (Phi) is 3.45. The van der Waals surface area contributed by atoms with Crippen LogP contribution in [0.25, 0.3) is 0 Å². The molecule has 2 nitrogen and oxygen atoms in total. The van der Waals surface area contributed by atoms with Crippen LogP contribution in [0.1, 0.15) is 51.4 Å². The molecule has 2 heteroatoms. The first-order valence-corrected chi connectivity index (χ1v) is 7.65. The van der Waals surface area contributed by atoms with E-state index < -0.39 is 0 Å². The van der Waals surface area contributed by atoms with Crippen molar-refractivity contribution in [3.63, 3.8) is 0 Å². The first kappa shape index (κ1) is 12.0. The number of aliphatic hydroxyl groups excluding tert-OH is 1. The highest BCUT2D eigenvalue weighted by Gasteiger charge is 2.44.